The summed E-state index contributed by atoms with van der Waals surface area (Å²) in [5.74, 6) is 0. The molecule has 0 saturated heterocycles. The molecule has 0 radical (unpaired) electrons. The second kappa shape index (κ2) is 6.63. The van der Waals surface area contributed by atoms with Crippen LogP contribution in [0.1, 0.15) is 18.5 Å². The topological polar surface area (TPSA) is 21.3 Å². The maximum atomic E-state index is 5.43. The molecule has 0 aromatic heterocycles. The monoisotopic (exact) mass is 335 g/mol. The zero-order chi connectivity index (χ0) is 11.3. The van der Waals surface area contributed by atoms with Crippen LogP contribution in [0.2, 0.25) is 0 Å². The minimum atomic E-state index is 0.235. The standard InChI is InChI=1S/C11H15Br2NO/c1-3-15-7-11(14-2)8-4-9(12)6-10(13)5-8/h4-6,11,14H,3,7H2,1-2H3. The molecular formula is C11H15Br2NO. The van der Waals surface area contributed by atoms with Crippen molar-refractivity contribution in [2.75, 3.05) is 20.3 Å². The van der Waals surface area contributed by atoms with E-state index >= 15 is 0 Å². The van der Waals surface area contributed by atoms with Gasteiger partial charge in [-0.15, -0.1) is 0 Å². The predicted molar refractivity (Wildman–Crippen MR) is 70.1 cm³/mol. The van der Waals surface area contributed by atoms with E-state index in [1.807, 2.05) is 20.0 Å². The van der Waals surface area contributed by atoms with Gasteiger partial charge in [0.15, 0.2) is 0 Å². The molecule has 4 heteroatoms. The fourth-order valence-corrected chi connectivity index (χ4v) is 2.69. The van der Waals surface area contributed by atoms with E-state index in [2.05, 4.69) is 49.3 Å². The van der Waals surface area contributed by atoms with Gasteiger partial charge in [-0.2, -0.15) is 0 Å². The van der Waals surface area contributed by atoms with Crippen molar-refractivity contribution in [3.8, 4) is 0 Å². The lowest BCUT2D eigenvalue weighted by Crippen LogP contribution is -2.21. The first kappa shape index (κ1) is 13.2. The summed E-state index contributed by atoms with van der Waals surface area (Å²) < 4.78 is 7.57. The van der Waals surface area contributed by atoms with Gasteiger partial charge in [0.2, 0.25) is 0 Å². The Kier molecular flexibility index (Phi) is 5.82. The van der Waals surface area contributed by atoms with Crippen molar-refractivity contribution in [2.24, 2.45) is 0 Å². The molecule has 0 fully saturated rings. The van der Waals surface area contributed by atoms with Crippen LogP contribution in [-0.2, 0) is 4.74 Å². The number of benzene rings is 1. The molecule has 1 unspecified atom stereocenters. The summed E-state index contributed by atoms with van der Waals surface area (Å²) in [6, 6.07) is 6.46. The van der Waals surface area contributed by atoms with Crippen LogP contribution in [-0.4, -0.2) is 20.3 Å². The van der Waals surface area contributed by atoms with E-state index in [9.17, 15) is 0 Å². The predicted octanol–water partition coefficient (Wildman–Crippen LogP) is 3.51. The lowest BCUT2D eigenvalue weighted by atomic mass is 10.1. The summed E-state index contributed by atoms with van der Waals surface area (Å²) in [5.41, 5.74) is 1.22. The van der Waals surface area contributed by atoms with E-state index in [-0.39, 0.29) is 6.04 Å². The summed E-state index contributed by atoms with van der Waals surface area (Å²) in [4.78, 5) is 0. The van der Waals surface area contributed by atoms with Crippen molar-refractivity contribution >= 4 is 31.9 Å². The molecule has 1 rings (SSSR count). The van der Waals surface area contributed by atoms with Crippen LogP contribution in [0, 0.1) is 0 Å². The van der Waals surface area contributed by atoms with Crippen molar-refractivity contribution < 1.29 is 4.74 Å². The van der Waals surface area contributed by atoms with E-state index in [0.29, 0.717) is 6.61 Å². The molecule has 0 amide bonds. The number of ether oxygens (including phenoxy) is 1. The lowest BCUT2D eigenvalue weighted by Gasteiger charge is -2.17. The second-order valence-corrected chi connectivity index (χ2v) is 5.03. The van der Waals surface area contributed by atoms with Crippen molar-refractivity contribution in [3.63, 3.8) is 0 Å². The van der Waals surface area contributed by atoms with Crippen LogP contribution in [0.15, 0.2) is 27.1 Å². The molecule has 0 saturated carbocycles. The first-order chi connectivity index (χ1) is 7.17. The van der Waals surface area contributed by atoms with Crippen LogP contribution in [0.25, 0.3) is 0 Å². The molecule has 0 spiro atoms. The SMILES string of the molecule is CCOCC(NC)c1cc(Br)cc(Br)c1. The highest BCUT2D eigenvalue weighted by Crippen LogP contribution is 2.24. The molecule has 0 aliphatic rings. The van der Waals surface area contributed by atoms with Gasteiger partial charge < -0.3 is 10.1 Å². The van der Waals surface area contributed by atoms with Gasteiger partial charge >= 0.3 is 0 Å². The smallest absolute Gasteiger partial charge is 0.0661 e. The average Bonchev–Trinajstić information content (AvgIpc) is 2.17. The minimum absolute atomic E-state index is 0.235. The summed E-state index contributed by atoms with van der Waals surface area (Å²) in [6.45, 7) is 3.44. The largest absolute Gasteiger partial charge is 0.380 e. The third kappa shape index (κ3) is 4.23. The highest BCUT2D eigenvalue weighted by molar-refractivity contribution is 9.11. The first-order valence-electron chi connectivity index (χ1n) is 4.88. The highest BCUT2D eigenvalue weighted by Gasteiger charge is 2.10. The zero-order valence-corrected chi connectivity index (χ0v) is 12.1. The molecular weight excluding hydrogens is 322 g/mol. The quantitative estimate of drug-likeness (QED) is 0.888. The van der Waals surface area contributed by atoms with Crippen molar-refractivity contribution in [1.82, 2.24) is 5.32 Å². The molecule has 1 N–H and O–H groups in total. The Bertz CT molecular complexity index is 297. The van der Waals surface area contributed by atoms with Crippen LogP contribution in [0.4, 0.5) is 0 Å². The van der Waals surface area contributed by atoms with Gasteiger partial charge in [-0.3, -0.25) is 0 Å². The third-order valence-electron chi connectivity index (χ3n) is 2.12. The Hall–Kier alpha value is 0.1000. The average molecular weight is 337 g/mol. The van der Waals surface area contributed by atoms with Crippen molar-refractivity contribution in [1.29, 1.82) is 0 Å². The van der Waals surface area contributed by atoms with Crippen molar-refractivity contribution in [3.05, 3.63) is 32.7 Å². The normalized spacial score (nSPS) is 12.8. The first-order valence-corrected chi connectivity index (χ1v) is 6.47. The van der Waals surface area contributed by atoms with E-state index in [1.165, 1.54) is 5.56 Å². The fourth-order valence-electron chi connectivity index (χ4n) is 1.36. The molecule has 1 aromatic carbocycles. The summed E-state index contributed by atoms with van der Waals surface area (Å²) in [5, 5.41) is 3.24. The number of likely N-dealkylation sites (N-methyl/N-ethyl adjacent to an activating group) is 1. The minimum Gasteiger partial charge on any atom is -0.380 e. The van der Waals surface area contributed by atoms with Gasteiger partial charge in [0.25, 0.3) is 0 Å². The maximum Gasteiger partial charge on any atom is 0.0661 e. The van der Waals surface area contributed by atoms with E-state index in [0.717, 1.165) is 15.6 Å². The lowest BCUT2D eigenvalue weighted by molar-refractivity contribution is 0.125. The summed E-state index contributed by atoms with van der Waals surface area (Å²) >= 11 is 6.96. The molecule has 1 aromatic rings. The maximum absolute atomic E-state index is 5.43. The Morgan fingerprint density at radius 1 is 1.27 bits per heavy atom. The van der Waals surface area contributed by atoms with Gasteiger partial charge in [-0.05, 0) is 37.7 Å². The molecule has 15 heavy (non-hydrogen) atoms. The Labute approximate surface area is 108 Å². The Morgan fingerprint density at radius 2 is 1.87 bits per heavy atom. The van der Waals surface area contributed by atoms with E-state index in [1.54, 1.807) is 0 Å². The number of halogens is 2. The molecule has 0 aliphatic heterocycles. The van der Waals surface area contributed by atoms with Gasteiger partial charge in [-0.1, -0.05) is 31.9 Å². The summed E-state index contributed by atoms with van der Waals surface area (Å²) in [6.07, 6.45) is 0. The summed E-state index contributed by atoms with van der Waals surface area (Å²) in [7, 11) is 1.94. The second-order valence-electron chi connectivity index (χ2n) is 3.20. The van der Waals surface area contributed by atoms with Crippen LogP contribution in [0.5, 0.6) is 0 Å². The Balaban J connectivity index is 2.81. The molecule has 1 atom stereocenters. The van der Waals surface area contributed by atoms with E-state index < -0.39 is 0 Å². The van der Waals surface area contributed by atoms with Crippen molar-refractivity contribution in [2.45, 2.75) is 13.0 Å². The van der Waals surface area contributed by atoms with Crippen LogP contribution < -0.4 is 5.32 Å². The number of rotatable bonds is 5. The van der Waals surface area contributed by atoms with Gasteiger partial charge in [-0.25, -0.2) is 0 Å². The molecule has 0 heterocycles. The van der Waals surface area contributed by atoms with Crippen LogP contribution in [0.3, 0.4) is 0 Å². The van der Waals surface area contributed by atoms with Gasteiger partial charge in [0, 0.05) is 15.6 Å². The third-order valence-corrected chi connectivity index (χ3v) is 3.04. The molecule has 2 nitrogen and oxygen atoms in total. The number of hydrogen-bond acceptors (Lipinski definition) is 2. The highest BCUT2D eigenvalue weighted by atomic mass is 79.9. The van der Waals surface area contributed by atoms with E-state index in [4.69, 9.17) is 4.74 Å². The van der Waals surface area contributed by atoms with Gasteiger partial charge in [0.05, 0.1) is 12.6 Å². The molecule has 84 valence electrons. The molecule has 0 bridgehead atoms. The van der Waals surface area contributed by atoms with Gasteiger partial charge in [0.1, 0.15) is 0 Å². The fraction of sp³-hybridized carbons (Fsp3) is 0.455. The number of nitrogens with one attached hydrogen (secondary N) is 1. The number of hydrogen-bond donors (Lipinski definition) is 1. The van der Waals surface area contributed by atoms with Crippen LogP contribution >= 0.6 is 31.9 Å². The molecule has 0 aliphatic carbocycles. The zero-order valence-electron chi connectivity index (χ0n) is 8.89. The Morgan fingerprint density at radius 3 is 2.33 bits per heavy atom.